The number of carbonyl (C=O) groups excluding carboxylic acids is 2. The molecule has 0 saturated carbocycles. The van der Waals surface area contributed by atoms with Gasteiger partial charge in [0, 0.05) is 13.6 Å². The molecule has 2 atom stereocenters. The summed E-state index contributed by atoms with van der Waals surface area (Å²) in [4.78, 5) is 23.9. The quantitative estimate of drug-likeness (QED) is 0.783. The zero-order chi connectivity index (χ0) is 14.9. The third kappa shape index (κ3) is 2.68. The number of benzene rings is 1. The molecule has 2 rings (SSSR count). The molecular formula is C13H14F2N2O3. The Morgan fingerprint density at radius 3 is 2.50 bits per heavy atom. The van der Waals surface area contributed by atoms with Crippen LogP contribution in [0.25, 0.3) is 0 Å². The van der Waals surface area contributed by atoms with Crippen LogP contribution in [0.2, 0.25) is 0 Å². The second-order valence-corrected chi connectivity index (χ2v) is 4.61. The fourth-order valence-electron chi connectivity index (χ4n) is 2.10. The summed E-state index contributed by atoms with van der Waals surface area (Å²) in [5, 5.41) is 12.5. The Hall–Kier alpha value is -1.86. The van der Waals surface area contributed by atoms with Gasteiger partial charge in [0.05, 0.1) is 24.1 Å². The van der Waals surface area contributed by atoms with Crippen LogP contribution < -0.4 is 5.32 Å². The first-order valence-corrected chi connectivity index (χ1v) is 6.07. The van der Waals surface area contributed by atoms with E-state index in [-0.39, 0.29) is 18.9 Å². The average molecular weight is 284 g/mol. The number of hydrogen-bond donors (Lipinski definition) is 2. The van der Waals surface area contributed by atoms with Gasteiger partial charge in [0.1, 0.15) is 11.6 Å². The van der Waals surface area contributed by atoms with Crippen LogP contribution in [0.5, 0.6) is 0 Å². The smallest absolute Gasteiger partial charge is 0.246 e. The van der Waals surface area contributed by atoms with Crippen molar-refractivity contribution >= 4 is 11.8 Å². The van der Waals surface area contributed by atoms with Crippen molar-refractivity contribution in [2.75, 3.05) is 13.6 Å². The fourth-order valence-corrected chi connectivity index (χ4v) is 2.10. The predicted molar refractivity (Wildman–Crippen MR) is 65.5 cm³/mol. The summed E-state index contributed by atoms with van der Waals surface area (Å²) in [6.07, 6.45) is -1.47. The van der Waals surface area contributed by atoms with Crippen LogP contribution >= 0.6 is 0 Å². The number of aliphatic hydroxyl groups excluding tert-OH is 1. The van der Waals surface area contributed by atoms with Crippen LogP contribution in [-0.2, 0) is 9.59 Å². The highest BCUT2D eigenvalue weighted by molar-refractivity contribution is 6.05. The minimum atomic E-state index is -1.44. The fraction of sp³-hybridized carbons (Fsp3) is 0.385. The second-order valence-electron chi connectivity index (χ2n) is 4.61. The number of imide groups is 1. The maximum Gasteiger partial charge on any atom is 0.246 e. The molecule has 0 aromatic heterocycles. The molecule has 0 radical (unpaired) electrons. The van der Waals surface area contributed by atoms with Crippen LogP contribution in [0, 0.1) is 11.6 Å². The van der Waals surface area contributed by atoms with E-state index in [1.54, 1.807) is 0 Å². The number of likely N-dealkylation sites (tertiary alicyclic amines) is 1. The van der Waals surface area contributed by atoms with Crippen LogP contribution in [0.4, 0.5) is 8.78 Å². The second kappa shape index (κ2) is 5.64. The molecule has 20 heavy (non-hydrogen) atoms. The molecule has 2 amide bonds. The molecular weight excluding hydrogens is 270 g/mol. The van der Waals surface area contributed by atoms with Gasteiger partial charge in [-0.15, -0.1) is 0 Å². The summed E-state index contributed by atoms with van der Waals surface area (Å²) < 4.78 is 26.9. The van der Waals surface area contributed by atoms with E-state index < -0.39 is 35.3 Å². The maximum atomic E-state index is 13.4. The van der Waals surface area contributed by atoms with Crippen LogP contribution in [0.3, 0.4) is 0 Å². The average Bonchev–Trinajstić information content (AvgIpc) is 2.63. The molecule has 1 aromatic carbocycles. The van der Waals surface area contributed by atoms with Gasteiger partial charge >= 0.3 is 0 Å². The lowest BCUT2D eigenvalue weighted by molar-refractivity contribution is -0.137. The molecule has 0 aliphatic carbocycles. The minimum Gasteiger partial charge on any atom is -0.387 e. The van der Waals surface area contributed by atoms with E-state index in [1.165, 1.54) is 13.1 Å². The van der Waals surface area contributed by atoms with E-state index in [0.29, 0.717) is 0 Å². The van der Waals surface area contributed by atoms with Gasteiger partial charge in [-0.2, -0.15) is 0 Å². The molecule has 1 aliphatic heterocycles. The van der Waals surface area contributed by atoms with E-state index in [1.807, 2.05) is 0 Å². The largest absolute Gasteiger partial charge is 0.387 e. The normalized spacial score (nSPS) is 20.6. The summed E-state index contributed by atoms with van der Waals surface area (Å²) in [5.41, 5.74) is -0.454. The summed E-state index contributed by atoms with van der Waals surface area (Å²) in [6, 6.07) is 2.51. The van der Waals surface area contributed by atoms with Gasteiger partial charge in [-0.3, -0.25) is 14.5 Å². The van der Waals surface area contributed by atoms with Crippen molar-refractivity contribution in [3.8, 4) is 0 Å². The molecule has 2 N–H and O–H groups in total. The Morgan fingerprint density at radius 2 is 2.00 bits per heavy atom. The molecule has 5 nitrogen and oxygen atoms in total. The molecule has 1 saturated heterocycles. The third-order valence-electron chi connectivity index (χ3n) is 3.27. The van der Waals surface area contributed by atoms with E-state index in [9.17, 15) is 23.5 Å². The number of amides is 2. The van der Waals surface area contributed by atoms with Crippen LogP contribution in [-0.4, -0.2) is 41.5 Å². The van der Waals surface area contributed by atoms with Gasteiger partial charge < -0.3 is 10.4 Å². The van der Waals surface area contributed by atoms with Crippen molar-refractivity contribution in [1.29, 1.82) is 0 Å². The lowest BCUT2D eigenvalue weighted by Crippen LogP contribution is -2.39. The molecule has 1 heterocycles. The van der Waals surface area contributed by atoms with E-state index in [4.69, 9.17) is 0 Å². The highest BCUT2D eigenvalue weighted by Crippen LogP contribution is 2.20. The van der Waals surface area contributed by atoms with Crippen molar-refractivity contribution in [1.82, 2.24) is 10.2 Å². The van der Waals surface area contributed by atoms with Gasteiger partial charge in [0.2, 0.25) is 11.8 Å². The number of carbonyl (C=O) groups is 2. The van der Waals surface area contributed by atoms with Crippen molar-refractivity contribution in [2.45, 2.75) is 18.6 Å². The Kier molecular flexibility index (Phi) is 4.10. The monoisotopic (exact) mass is 284 g/mol. The highest BCUT2D eigenvalue weighted by atomic mass is 19.1. The first kappa shape index (κ1) is 14.5. The molecule has 0 spiro atoms. The Labute approximate surface area is 114 Å². The SMILES string of the molecule is CN1C(=O)CC(NCC(O)c2c(F)cccc2F)C1=O. The number of likely N-dealkylation sites (N-methyl/N-ethyl adjacent to an activating group) is 1. The molecule has 2 unspecified atom stereocenters. The van der Waals surface area contributed by atoms with Crippen LogP contribution in [0.1, 0.15) is 18.1 Å². The first-order valence-electron chi connectivity index (χ1n) is 6.07. The van der Waals surface area contributed by atoms with E-state index in [2.05, 4.69) is 5.32 Å². The zero-order valence-electron chi connectivity index (χ0n) is 10.8. The third-order valence-corrected chi connectivity index (χ3v) is 3.27. The van der Waals surface area contributed by atoms with E-state index >= 15 is 0 Å². The Balaban J connectivity index is 2.01. The summed E-state index contributed by atoms with van der Waals surface area (Å²) >= 11 is 0. The van der Waals surface area contributed by atoms with Crippen molar-refractivity contribution in [3.63, 3.8) is 0 Å². The number of halogens is 2. The molecule has 1 aliphatic rings. The number of rotatable bonds is 4. The van der Waals surface area contributed by atoms with Gasteiger partial charge in [0.15, 0.2) is 0 Å². The summed E-state index contributed by atoms with van der Waals surface area (Å²) in [7, 11) is 1.36. The van der Waals surface area contributed by atoms with Gasteiger partial charge in [-0.05, 0) is 12.1 Å². The molecule has 0 bridgehead atoms. The Bertz CT molecular complexity index is 530. The highest BCUT2D eigenvalue weighted by Gasteiger charge is 2.36. The predicted octanol–water partition coefficient (Wildman–Crippen LogP) is 0.345. The number of aliphatic hydroxyl groups is 1. The van der Waals surface area contributed by atoms with E-state index in [0.717, 1.165) is 17.0 Å². The zero-order valence-corrected chi connectivity index (χ0v) is 10.8. The van der Waals surface area contributed by atoms with Crippen molar-refractivity contribution < 1.29 is 23.5 Å². The standard InChI is InChI=1S/C13H14F2N2O3/c1-17-11(19)5-9(13(17)20)16-6-10(18)12-7(14)3-2-4-8(12)15/h2-4,9-10,16,18H,5-6H2,1H3. The van der Waals surface area contributed by atoms with Gasteiger partial charge in [-0.25, -0.2) is 8.78 Å². The minimum absolute atomic E-state index is 0.0260. The molecule has 108 valence electrons. The molecule has 7 heteroatoms. The number of nitrogens with zero attached hydrogens (tertiary/aromatic N) is 1. The van der Waals surface area contributed by atoms with Gasteiger partial charge in [0.25, 0.3) is 0 Å². The lowest BCUT2D eigenvalue weighted by atomic mass is 10.1. The first-order chi connectivity index (χ1) is 9.41. The summed E-state index contributed by atoms with van der Waals surface area (Å²) in [6.45, 7) is -0.227. The van der Waals surface area contributed by atoms with Crippen molar-refractivity contribution in [2.24, 2.45) is 0 Å². The summed E-state index contributed by atoms with van der Waals surface area (Å²) in [5.74, 6) is -2.47. The number of hydrogen-bond acceptors (Lipinski definition) is 4. The maximum absolute atomic E-state index is 13.4. The molecule has 1 fully saturated rings. The molecule has 1 aromatic rings. The Morgan fingerprint density at radius 1 is 1.40 bits per heavy atom. The lowest BCUT2D eigenvalue weighted by Gasteiger charge is -2.16. The van der Waals surface area contributed by atoms with Gasteiger partial charge in [-0.1, -0.05) is 6.07 Å². The van der Waals surface area contributed by atoms with Crippen LogP contribution in [0.15, 0.2) is 18.2 Å². The number of nitrogens with one attached hydrogen (secondary N) is 1. The van der Waals surface area contributed by atoms with Crippen molar-refractivity contribution in [3.05, 3.63) is 35.4 Å². The topological polar surface area (TPSA) is 69.6 Å².